The number of hydrogen-bond donors (Lipinski definition) is 2. The van der Waals surface area contributed by atoms with Gasteiger partial charge in [-0.15, -0.1) is 0 Å². The van der Waals surface area contributed by atoms with Crippen LogP contribution in [-0.4, -0.2) is 16.8 Å². The van der Waals surface area contributed by atoms with Crippen molar-refractivity contribution in [2.24, 2.45) is 10.8 Å². The van der Waals surface area contributed by atoms with Gasteiger partial charge in [0.1, 0.15) is 5.82 Å². The number of nitrogens with zero attached hydrogens (tertiary/aromatic N) is 2. The van der Waals surface area contributed by atoms with Crippen LogP contribution in [0.4, 0.5) is 9.18 Å². The van der Waals surface area contributed by atoms with Gasteiger partial charge in [-0.1, -0.05) is 30.3 Å². The fourth-order valence-corrected chi connectivity index (χ4v) is 2.40. The zero-order valence-corrected chi connectivity index (χ0v) is 12.2. The van der Waals surface area contributed by atoms with Crippen molar-refractivity contribution in [1.82, 2.24) is 9.99 Å². The van der Waals surface area contributed by atoms with Crippen molar-refractivity contribution in [2.45, 2.75) is 6.54 Å². The molecule has 1 heterocycles. The predicted molar refractivity (Wildman–Crippen MR) is 87.8 cm³/mol. The molecule has 0 aliphatic rings. The zero-order valence-electron chi connectivity index (χ0n) is 12.2. The lowest BCUT2D eigenvalue weighted by Gasteiger charge is -2.07. The average Bonchev–Trinajstić information content (AvgIpc) is 2.92. The average molecular weight is 310 g/mol. The topological polar surface area (TPSA) is 72.4 Å². The van der Waals surface area contributed by atoms with Gasteiger partial charge in [0.2, 0.25) is 0 Å². The fraction of sp³-hybridized carbons (Fsp3) is 0.0588. The van der Waals surface area contributed by atoms with Crippen LogP contribution < -0.4 is 11.2 Å². The first-order valence-electron chi connectivity index (χ1n) is 7.04. The lowest BCUT2D eigenvalue weighted by molar-refractivity contribution is 0.249. The maximum Gasteiger partial charge on any atom is 0.332 e. The summed E-state index contributed by atoms with van der Waals surface area (Å²) in [5.74, 6) is -0.224. The van der Waals surface area contributed by atoms with Crippen LogP contribution >= 0.6 is 0 Å². The van der Waals surface area contributed by atoms with Gasteiger partial charge in [0.15, 0.2) is 0 Å². The second-order valence-electron chi connectivity index (χ2n) is 5.09. The van der Waals surface area contributed by atoms with Crippen molar-refractivity contribution in [3.63, 3.8) is 0 Å². The molecule has 3 N–H and O–H groups in total. The molecule has 0 aliphatic carbocycles. The van der Waals surface area contributed by atoms with Crippen molar-refractivity contribution in [3.8, 4) is 0 Å². The lowest BCUT2D eigenvalue weighted by Crippen LogP contribution is -2.24. The van der Waals surface area contributed by atoms with E-state index in [1.807, 2.05) is 41.1 Å². The Kier molecular flexibility index (Phi) is 4.05. The molecule has 3 rings (SSSR count). The smallest absolute Gasteiger partial charge is 0.332 e. The van der Waals surface area contributed by atoms with E-state index in [9.17, 15) is 9.18 Å². The molecule has 3 aromatic rings. The zero-order chi connectivity index (χ0) is 16.2. The molecule has 0 unspecified atom stereocenters. The number of amides is 2. The molecule has 0 fully saturated rings. The Labute approximate surface area is 132 Å². The number of urea groups is 1. The Morgan fingerprint density at radius 3 is 2.87 bits per heavy atom. The number of fused-ring (bicyclic) bond motifs is 1. The number of hydrazone groups is 1. The van der Waals surface area contributed by atoms with E-state index in [1.54, 1.807) is 12.1 Å². The van der Waals surface area contributed by atoms with E-state index in [2.05, 4.69) is 10.5 Å². The number of aromatic nitrogens is 1. The highest BCUT2D eigenvalue weighted by atomic mass is 19.1. The Morgan fingerprint density at radius 1 is 1.26 bits per heavy atom. The molecule has 0 spiro atoms. The van der Waals surface area contributed by atoms with Crippen LogP contribution in [0.25, 0.3) is 10.9 Å². The summed E-state index contributed by atoms with van der Waals surface area (Å²) in [6.07, 6.45) is 3.42. The summed E-state index contributed by atoms with van der Waals surface area (Å²) in [6, 6.07) is 13.7. The molecule has 1 aromatic heterocycles. The summed E-state index contributed by atoms with van der Waals surface area (Å²) < 4.78 is 15.8. The molecular weight excluding hydrogens is 295 g/mol. The third kappa shape index (κ3) is 3.37. The van der Waals surface area contributed by atoms with Crippen molar-refractivity contribution in [2.75, 3.05) is 0 Å². The third-order valence-electron chi connectivity index (χ3n) is 3.48. The Bertz CT molecular complexity index is 885. The van der Waals surface area contributed by atoms with Crippen LogP contribution in [0.2, 0.25) is 0 Å². The van der Waals surface area contributed by atoms with Gasteiger partial charge in [-0.05, 0) is 29.1 Å². The van der Waals surface area contributed by atoms with E-state index in [4.69, 9.17) is 5.73 Å². The molecule has 23 heavy (non-hydrogen) atoms. The summed E-state index contributed by atoms with van der Waals surface area (Å²) in [5, 5.41) is 4.78. The lowest BCUT2D eigenvalue weighted by atomic mass is 10.1. The van der Waals surface area contributed by atoms with Gasteiger partial charge in [0.25, 0.3) is 0 Å². The summed E-state index contributed by atoms with van der Waals surface area (Å²) in [4.78, 5) is 10.6. The molecule has 2 amide bonds. The number of carbonyl (C=O) groups excluding carboxylic acids is 1. The van der Waals surface area contributed by atoms with E-state index in [1.165, 1.54) is 12.3 Å². The molecule has 0 saturated heterocycles. The maximum atomic E-state index is 13.8. The maximum absolute atomic E-state index is 13.8. The molecule has 0 aliphatic heterocycles. The number of benzene rings is 2. The number of hydrogen-bond acceptors (Lipinski definition) is 2. The van der Waals surface area contributed by atoms with E-state index in [0.717, 1.165) is 16.5 Å². The van der Waals surface area contributed by atoms with E-state index < -0.39 is 6.03 Å². The summed E-state index contributed by atoms with van der Waals surface area (Å²) in [7, 11) is 0. The van der Waals surface area contributed by atoms with Crippen LogP contribution in [0.3, 0.4) is 0 Å². The summed E-state index contributed by atoms with van der Waals surface area (Å²) in [6.45, 7) is 0.441. The molecule has 0 bridgehead atoms. The molecule has 5 nitrogen and oxygen atoms in total. The highest BCUT2D eigenvalue weighted by Crippen LogP contribution is 2.19. The van der Waals surface area contributed by atoms with Crippen LogP contribution in [-0.2, 0) is 6.54 Å². The highest BCUT2D eigenvalue weighted by molar-refractivity contribution is 5.89. The molecular formula is C17H15FN4O. The molecule has 116 valence electrons. The number of halogens is 1. The Morgan fingerprint density at radius 2 is 2.09 bits per heavy atom. The first kappa shape index (κ1) is 14.8. The van der Waals surface area contributed by atoms with E-state index >= 15 is 0 Å². The van der Waals surface area contributed by atoms with Gasteiger partial charge in [-0.2, -0.15) is 5.10 Å². The van der Waals surface area contributed by atoms with E-state index in [0.29, 0.717) is 12.1 Å². The van der Waals surface area contributed by atoms with Crippen LogP contribution in [0, 0.1) is 5.82 Å². The number of primary amides is 1. The minimum atomic E-state index is -0.717. The largest absolute Gasteiger partial charge is 0.350 e. The van der Waals surface area contributed by atoms with Gasteiger partial charge in [-0.3, -0.25) is 0 Å². The van der Waals surface area contributed by atoms with Crippen LogP contribution in [0.15, 0.2) is 59.8 Å². The van der Waals surface area contributed by atoms with Crippen molar-refractivity contribution < 1.29 is 9.18 Å². The quantitative estimate of drug-likeness (QED) is 0.564. The molecule has 2 aromatic carbocycles. The third-order valence-corrected chi connectivity index (χ3v) is 3.48. The first-order chi connectivity index (χ1) is 11.1. The minimum absolute atomic E-state index is 0.224. The SMILES string of the molecule is NC(=O)NN=Cc1ccc2ccn(Cc3ccccc3F)c2c1. The van der Waals surface area contributed by atoms with Crippen LogP contribution in [0.1, 0.15) is 11.1 Å². The molecule has 0 saturated carbocycles. The number of nitrogens with two attached hydrogens (primary N) is 1. The second-order valence-corrected chi connectivity index (χ2v) is 5.09. The van der Waals surface area contributed by atoms with Crippen molar-refractivity contribution >= 4 is 23.1 Å². The Balaban J connectivity index is 1.91. The highest BCUT2D eigenvalue weighted by Gasteiger charge is 2.05. The monoisotopic (exact) mass is 310 g/mol. The summed E-state index contributed by atoms with van der Waals surface area (Å²) >= 11 is 0. The Hall–Kier alpha value is -3.15. The minimum Gasteiger partial charge on any atom is -0.350 e. The molecule has 0 atom stereocenters. The van der Waals surface area contributed by atoms with Gasteiger partial charge >= 0.3 is 6.03 Å². The normalized spacial score (nSPS) is 11.2. The number of carbonyl (C=O) groups is 1. The predicted octanol–water partition coefficient (Wildman–Crippen LogP) is 2.83. The van der Waals surface area contributed by atoms with Gasteiger partial charge in [0, 0.05) is 17.3 Å². The molecule has 0 radical (unpaired) electrons. The fourth-order valence-electron chi connectivity index (χ4n) is 2.40. The van der Waals surface area contributed by atoms with E-state index in [-0.39, 0.29) is 5.82 Å². The number of rotatable bonds is 4. The number of nitrogens with one attached hydrogen (secondary N) is 1. The standard InChI is InChI=1S/C17H15FN4O/c18-15-4-2-1-3-14(15)11-22-8-7-13-6-5-12(9-16(13)22)10-20-21-17(19)23/h1-10H,11H2,(H3,19,21,23). The molecule has 6 heteroatoms. The van der Waals surface area contributed by atoms with Crippen LogP contribution in [0.5, 0.6) is 0 Å². The van der Waals surface area contributed by atoms with Crippen molar-refractivity contribution in [1.29, 1.82) is 0 Å². The second kappa shape index (κ2) is 6.31. The summed E-state index contributed by atoms with van der Waals surface area (Å²) in [5.41, 5.74) is 9.49. The van der Waals surface area contributed by atoms with Gasteiger partial charge < -0.3 is 10.3 Å². The van der Waals surface area contributed by atoms with Crippen molar-refractivity contribution in [3.05, 3.63) is 71.7 Å². The van der Waals surface area contributed by atoms with Gasteiger partial charge in [-0.25, -0.2) is 14.6 Å². The first-order valence-corrected chi connectivity index (χ1v) is 7.04. The van der Waals surface area contributed by atoms with Gasteiger partial charge in [0.05, 0.1) is 12.8 Å².